The maximum Gasteiger partial charge on any atom is 0.336 e. The van der Waals surface area contributed by atoms with Crippen LogP contribution in [-0.4, -0.2) is 25.6 Å². The van der Waals surface area contributed by atoms with Gasteiger partial charge in [0.1, 0.15) is 29.7 Å². The Balaban J connectivity index is 1.57. The summed E-state index contributed by atoms with van der Waals surface area (Å²) in [6.45, 7) is 3.61. The van der Waals surface area contributed by atoms with Crippen molar-refractivity contribution in [3.8, 4) is 17.4 Å². The highest BCUT2D eigenvalue weighted by atomic mass is 19.1. The summed E-state index contributed by atoms with van der Waals surface area (Å²) in [6, 6.07) is 11.7. The zero-order chi connectivity index (χ0) is 22.1. The number of carboxylic acids is 1. The molecule has 1 N–H and O–H groups in total. The van der Waals surface area contributed by atoms with E-state index in [2.05, 4.69) is 9.97 Å². The number of nitrogens with zero attached hydrogens (tertiary/aromatic N) is 3. The molecular weight excluding hydrogens is 401 g/mol. The molecule has 0 bridgehead atoms. The van der Waals surface area contributed by atoms with Crippen molar-refractivity contribution in [2.75, 3.05) is 0 Å². The van der Waals surface area contributed by atoms with Gasteiger partial charge in [-0.15, -0.1) is 0 Å². The van der Waals surface area contributed by atoms with E-state index in [1.165, 1.54) is 6.07 Å². The van der Waals surface area contributed by atoms with Crippen molar-refractivity contribution in [3.63, 3.8) is 0 Å². The van der Waals surface area contributed by atoms with Gasteiger partial charge in [-0.3, -0.25) is 0 Å². The van der Waals surface area contributed by atoms with Gasteiger partial charge in [0.25, 0.3) is 0 Å². The van der Waals surface area contributed by atoms with Crippen LogP contribution in [0.1, 0.15) is 27.3 Å². The van der Waals surface area contributed by atoms with Gasteiger partial charge in [0.05, 0.1) is 22.8 Å². The highest BCUT2D eigenvalue weighted by Gasteiger charge is 2.14. The smallest absolute Gasteiger partial charge is 0.336 e. The fourth-order valence-electron chi connectivity index (χ4n) is 3.30. The first-order valence-corrected chi connectivity index (χ1v) is 9.54. The predicted molar refractivity (Wildman–Crippen MR) is 112 cm³/mol. The molecule has 2 heterocycles. The topological polar surface area (TPSA) is 86.5 Å². The molecule has 0 radical (unpaired) electrons. The number of aryl methyl sites for hydroxylation is 2. The monoisotopic (exact) mass is 421 g/mol. The zero-order valence-corrected chi connectivity index (χ0v) is 17.2. The summed E-state index contributed by atoms with van der Waals surface area (Å²) >= 11 is 0. The molecule has 0 saturated heterocycles. The summed E-state index contributed by atoms with van der Waals surface area (Å²) < 4.78 is 26.8. The van der Waals surface area contributed by atoms with Crippen LogP contribution >= 0.6 is 0 Å². The number of hydrogen-bond donors (Lipinski definition) is 1. The molecule has 0 unspecified atom stereocenters. The lowest BCUT2D eigenvalue weighted by molar-refractivity contribution is 0.0695. The molecule has 0 fully saturated rings. The summed E-state index contributed by atoms with van der Waals surface area (Å²) in [7, 11) is 1.86. The molecule has 0 spiro atoms. The van der Waals surface area contributed by atoms with E-state index in [1.807, 2.05) is 23.7 Å². The minimum Gasteiger partial charge on any atom is -0.485 e. The Bertz CT molecular complexity index is 1300. The Hall–Kier alpha value is -3.94. The number of carbonyl (C=O) groups is 1. The summed E-state index contributed by atoms with van der Waals surface area (Å²) in [5.74, 6) is 0.637. The number of imidazole rings is 1. The van der Waals surface area contributed by atoms with Gasteiger partial charge >= 0.3 is 5.97 Å². The van der Waals surface area contributed by atoms with E-state index in [0.29, 0.717) is 34.3 Å². The first-order valence-electron chi connectivity index (χ1n) is 9.54. The Kier molecular flexibility index (Phi) is 5.29. The van der Waals surface area contributed by atoms with E-state index in [1.54, 1.807) is 38.1 Å². The van der Waals surface area contributed by atoms with Gasteiger partial charge in [0, 0.05) is 24.2 Å². The fourth-order valence-corrected chi connectivity index (χ4v) is 3.30. The normalized spacial score (nSPS) is 11.0. The molecule has 2 aromatic heterocycles. The van der Waals surface area contributed by atoms with E-state index in [0.717, 1.165) is 17.2 Å². The van der Waals surface area contributed by atoms with Crippen LogP contribution in [-0.2, 0) is 13.7 Å². The number of aromatic nitrogens is 3. The first-order chi connectivity index (χ1) is 14.8. The van der Waals surface area contributed by atoms with Crippen LogP contribution in [0.15, 0.2) is 48.7 Å². The van der Waals surface area contributed by atoms with Gasteiger partial charge in [0.15, 0.2) is 0 Å². The lowest BCUT2D eigenvalue weighted by Crippen LogP contribution is -2.06. The van der Waals surface area contributed by atoms with Gasteiger partial charge < -0.3 is 19.1 Å². The molecular formula is C23H20FN3O4. The van der Waals surface area contributed by atoms with Gasteiger partial charge in [-0.2, -0.15) is 0 Å². The molecule has 158 valence electrons. The largest absolute Gasteiger partial charge is 0.485 e. The van der Waals surface area contributed by atoms with Crippen LogP contribution in [0.25, 0.3) is 11.0 Å². The Morgan fingerprint density at radius 2 is 2.00 bits per heavy atom. The van der Waals surface area contributed by atoms with Gasteiger partial charge in [-0.25, -0.2) is 19.2 Å². The van der Waals surface area contributed by atoms with Crippen molar-refractivity contribution in [2.45, 2.75) is 20.5 Å². The summed E-state index contributed by atoms with van der Waals surface area (Å²) in [6.07, 6.45) is 1.11. The van der Waals surface area contributed by atoms with Crippen LogP contribution < -0.4 is 9.47 Å². The lowest BCUT2D eigenvalue weighted by Gasteiger charge is -2.11. The maximum atomic E-state index is 13.3. The van der Waals surface area contributed by atoms with Crippen molar-refractivity contribution in [2.24, 2.45) is 7.05 Å². The molecule has 0 aliphatic heterocycles. The highest BCUT2D eigenvalue weighted by molar-refractivity contribution is 5.90. The molecule has 0 amide bonds. The fraction of sp³-hybridized carbons (Fsp3) is 0.174. The third-order valence-electron chi connectivity index (χ3n) is 5.03. The molecule has 8 heteroatoms. The van der Waals surface area contributed by atoms with Crippen molar-refractivity contribution in [3.05, 3.63) is 77.0 Å². The molecule has 4 aromatic rings. The van der Waals surface area contributed by atoms with E-state index in [4.69, 9.17) is 9.47 Å². The highest BCUT2D eigenvalue weighted by Crippen LogP contribution is 2.28. The summed E-state index contributed by atoms with van der Waals surface area (Å²) in [5, 5.41) is 9.27. The lowest BCUT2D eigenvalue weighted by atomic mass is 10.1. The average Bonchev–Trinajstić information content (AvgIpc) is 3.04. The zero-order valence-electron chi connectivity index (χ0n) is 17.2. The standard InChI is InChI=1S/C23H20FN3O4/c1-13-9-15(24)11-25-22(13)31-16-7-8-18-19(10-16)27(3)21(26-18)12-30-20-6-4-5-17(14(20)2)23(28)29/h4-11H,12H2,1-3H3,(H,28,29). The number of rotatable bonds is 6. The van der Waals surface area contributed by atoms with E-state index >= 15 is 0 Å². The molecule has 0 saturated carbocycles. The van der Waals surface area contributed by atoms with Crippen molar-refractivity contribution in [1.82, 2.24) is 14.5 Å². The number of aromatic carboxylic acids is 1. The van der Waals surface area contributed by atoms with Crippen LogP contribution in [0.4, 0.5) is 4.39 Å². The Morgan fingerprint density at radius 3 is 2.74 bits per heavy atom. The SMILES string of the molecule is Cc1cc(F)cnc1Oc1ccc2nc(COc3cccc(C(=O)O)c3C)n(C)c2c1. The third kappa shape index (κ3) is 4.05. The van der Waals surface area contributed by atoms with Crippen molar-refractivity contribution in [1.29, 1.82) is 0 Å². The number of benzene rings is 2. The number of ether oxygens (including phenoxy) is 2. The van der Waals surface area contributed by atoms with Crippen LogP contribution in [0.5, 0.6) is 17.4 Å². The molecule has 0 aliphatic carbocycles. The molecule has 0 atom stereocenters. The van der Waals surface area contributed by atoms with E-state index in [-0.39, 0.29) is 12.2 Å². The third-order valence-corrected chi connectivity index (χ3v) is 5.03. The van der Waals surface area contributed by atoms with Gasteiger partial charge in [0.2, 0.25) is 5.88 Å². The number of hydrogen-bond acceptors (Lipinski definition) is 5. The average molecular weight is 421 g/mol. The van der Waals surface area contributed by atoms with Crippen molar-refractivity contribution < 1.29 is 23.8 Å². The first kappa shape index (κ1) is 20.3. The predicted octanol–water partition coefficient (Wildman–Crippen LogP) is 4.79. The quantitative estimate of drug-likeness (QED) is 0.482. The van der Waals surface area contributed by atoms with Crippen molar-refractivity contribution >= 4 is 17.0 Å². The van der Waals surface area contributed by atoms with E-state index < -0.39 is 11.8 Å². The maximum absolute atomic E-state index is 13.3. The van der Waals surface area contributed by atoms with Crippen LogP contribution in [0.3, 0.4) is 0 Å². The van der Waals surface area contributed by atoms with Gasteiger partial charge in [-0.05, 0) is 44.2 Å². The molecule has 0 aliphatic rings. The van der Waals surface area contributed by atoms with Gasteiger partial charge in [-0.1, -0.05) is 6.07 Å². The molecule has 7 nitrogen and oxygen atoms in total. The van der Waals surface area contributed by atoms with E-state index in [9.17, 15) is 14.3 Å². The molecule has 31 heavy (non-hydrogen) atoms. The molecule has 4 rings (SSSR count). The summed E-state index contributed by atoms with van der Waals surface area (Å²) in [5.41, 5.74) is 2.94. The van der Waals surface area contributed by atoms with Crippen LogP contribution in [0.2, 0.25) is 0 Å². The second-order valence-corrected chi connectivity index (χ2v) is 7.14. The Labute approximate surface area is 177 Å². The Morgan fingerprint density at radius 1 is 1.19 bits per heavy atom. The minimum atomic E-state index is -0.996. The summed E-state index contributed by atoms with van der Waals surface area (Å²) in [4.78, 5) is 19.9. The second kappa shape index (κ2) is 8.06. The number of halogens is 1. The molecule has 2 aromatic carbocycles. The minimum absolute atomic E-state index is 0.171. The number of pyridine rings is 1. The van der Waals surface area contributed by atoms with Crippen LogP contribution in [0, 0.1) is 19.7 Å². The number of carboxylic acid groups (broad SMARTS) is 1. The number of fused-ring (bicyclic) bond motifs is 1. The second-order valence-electron chi connectivity index (χ2n) is 7.14.